The van der Waals surface area contributed by atoms with Gasteiger partial charge in [0.2, 0.25) is 5.88 Å². The molecule has 0 bridgehead atoms. The Morgan fingerprint density at radius 3 is 2.58 bits per heavy atom. The number of fused-ring (bicyclic) bond motifs is 1. The van der Waals surface area contributed by atoms with E-state index in [0.29, 0.717) is 12.8 Å². The molecular formula is C20H22F4N6O3. The molecule has 0 saturated heterocycles. The first-order valence-corrected chi connectivity index (χ1v) is 10.5. The normalized spacial score (nSPS) is 19.1. The van der Waals surface area contributed by atoms with Gasteiger partial charge >= 0.3 is 12.1 Å². The molecule has 0 spiro atoms. The number of carbonyl (C=O) groups is 1. The van der Waals surface area contributed by atoms with Crippen molar-refractivity contribution >= 4 is 17.0 Å². The number of esters is 1. The zero-order valence-corrected chi connectivity index (χ0v) is 18.0. The number of ether oxygens (including phenoxy) is 2. The molecule has 33 heavy (non-hydrogen) atoms. The molecule has 9 nitrogen and oxygen atoms in total. The van der Waals surface area contributed by atoms with Crippen LogP contribution in [0.2, 0.25) is 0 Å². The van der Waals surface area contributed by atoms with Crippen LogP contribution in [-0.4, -0.2) is 55.4 Å². The zero-order chi connectivity index (χ0) is 23.8. The first-order chi connectivity index (χ1) is 15.7. The Balaban J connectivity index is 1.61. The first kappa shape index (κ1) is 22.9. The number of carbonyl (C=O) groups excluding carboxylic acids is 1. The van der Waals surface area contributed by atoms with Crippen molar-refractivity contribution in [1.29, 1.82) is 0 Å². The average molecular weight is 470 g/mol. The summed E-state index contributed by atoms with van der Waals surface area (Å²) in [4.78, 5) is 20.3. The lowest BCUT2D eigenvalue weighted by Gasteiger charge is -2.29. The average Bonchev–Trinajstić information content (AvgIpc) is 3.39. The van der Waals surface area contributed by atoms with Gasteiger partial charge in [-0.05, 0) is 38.5 Å². The Morgan fingerprint density at radius 2 is 1.94 bits per heavy atom. The van der Waals surface area contributed by atoms with Crippen molar-refractivity contribution in [2.24, 2.45) is 11.8 Å². The lowest BCUT2D eigenvalue weighted by atomic mass is 9.81. The van der Waals surface area contributed by atoms with Crippen LogP contribution in [0.5, 0.6) is 5.88 Å². The van der Waals surface area contributed by atoms with Crippen molar-refractivity contribution in [1.82, 2.24) is 29.5 Å². The highest BCUT2D eigenvalue weighted by molar-refractivity contribution is 5.88. The van der Waals surface area contributed by atoms with Crippen LogP contribution < -0.4 is 4.74 Å². The van der Waals surface area contributed by atoms with E-state index in [4.69, 9.17) is 9.47 Å². The molecule has 4 rings (SSSR count). The van der Waals surface area contributed by atoms with Gasteiger partial charge in [0.25, 0.3) is 11.9 Å². The van der Waals surface area contributed by atoms with Crippen LogP contribution in [0.4, 0.5) is 17.6 Å². The molecule has 3 heterocycles. The number of rotatable bonds is 6. The fourth-order valence-electron chi connectivity index (χ4n) is 4.05. The molecule has 3 aromatic rings. The fraction of sp³-hybridized carbons (Fsp3) is 0.550. The number of hydrogen-bond donors (Lipinski definition) is 0. The maximum absolute atomic E-state index is 14.7. The molecule has 3 aromatic heterocycles. The minimum absolute atomic E-state index is 0.0311. The van der Waals surface area contributed by atoms with Crippen molar-refractivity contribution < 1.29 is 31.8 Å². The highest BCUT2D eigenvalue weighted by atomic mass is 19.4. The molecule has 178 valence electrons. The van der Waals surface area contributed by atoms with Gasteiger partial charge in [0.1, 0.15) is 0 Å². The van der Waals surface area contributed by atoms with Gasteiger partial charge < -0.3 is 9.47 Å². The van der Waals surface area contributed by atoms with Crippen LogP contribution in [0.1, 0.15) is 43.0 Å². The van der Waals surface area contributed by atoms with Crippen LogP contribution in [-0.2, 0) is 11.3 Å². The molecule has 1 saturated carbocycles. The van der Waals surface area contributed by atoms with Gasteiger partial charge in [-0.3, -0.25) is 4.68 Å². The Hall–Kier alpha value is -3.25. The smallest absolute Gasteiger partial charge is 0.391 e. The molecule has 0 amide bonds. The second-order valence-electron chi connectivity index (χ2n) is 7.86. The summed E-state index contributed by atoms with van der Waals surface area (Å²) in [6.07, 6.45) is -0.778. The van der Waals surface area contributed by atoms with E-state index in [1.54, 1.807) is 6.92 Å². The number of alkyl halides is 3. The van der Waals surface area contributed by atoms with E-state index >= 15 is 0 Å². The van der Waals surface area contributed by atoms with Crippen molar-refractivity contribution in [2.45, 2.75) is 45.3 Å². The Bertz CT molecular complexity index is 1150. The SMILES string of the molecule is CCOC(=O)c1cnn(-c2nc(OC)c3c(n2)c(F)nn3CC2CCC(C(F)(F)F)CC2)c1. The van der Waals surface area contributed by atoms with Gasteiger partial charge in [0.05, 0.1) is 31.4 Å². The Morgan fingerprint density at radius 1 is 1.21 bits per heavy atom. The van der Waals surface area contributed by atoms with Gasteiger partial charge in [-0.2, -0.15) is 27.6 Å². The first-order valence-electron chi connectivity index (χ1n) is 10.5. The molecule has 0 radical (unpaired) electrons. The van der Waals surface area contributed by atoms with Crippen molar-refractivity contribution in [3.05, 3.63) is 23.9 Å². The Kier molecular flexibility index (Phi) is 6.21. The number of halogens is 4. The highest BCUT2D eigenvalue weighted by Crippen LogP contribution is 2.40. The van der Waals surface area contributed by atoms with E-state index in [2.05, 4.69) is 20.2 Å². The summed E-state index contributed by atoms with van der Waals surface area (Å²) in [5, 5.41) is 7.92. The van der Waals surface area contributed by atoms with Crippen molar-refractivity contribution in [3.8, 4) is 11.8 Å². The maximum atomic E-state index is 14.7. The Labute approximate surface area is 185 Å². The third kappa shape index (κ3) is 4.62. The summed E-state index contributed by atoms with van der Waals surface area (Å²) in [5.41, 5.74) is 0.258. The third-order valence-corrected chi connectivity index (χ3v) is 5.74. The standard InChI is InChI=1S/C20H22F4N6O3/c1-3-33-18(31)12-8-25-30(10-12)19-26-14-15(17(27-19)32-2)29(28-16(14)21)9-11-4-6-13(7-5-11)20(22,23)24/h8,10-11,13H,3-7,9H2,1-2H3. The second-order valence-corrected chi connectivity index (χ2v) is 7.86. The molecular weight excluding hydrogens is 448 g/mol. The quantitative estimate of drug-likeness (QED) is 0.400. The van der Waals surface area contributed by atoms with Crippen molar-refractivity contribution in [3.63, 3.8) is 0 Å². The van der Waals surface area contributed by atoms with E-state index < -0.39 is 24.0 Å². The fourth-order valence-corrected chi connectivity index (χ4v) is 4.05. The van der Waals surface area contributed by atoms with E-state index in [1.165, 1.54) is 28.9 Å². The molecule has 1 aliphatic rings. The van der Waals surface area contributed by atoms with E-state index in [0.717, 1.165) is 0 Å². The molecule has 0 N–H and O–H groups in total. The summed E-state index contributed by atoms with van der Waals surface area (Å²) in [5.74, 6) is -2.84. The molecule has 13 heteroatoms. The van der Waals surface area contributed by atoms with Crippen LogP contribution in [0.25, 0.3) is 17.0 Å². The molecule has 0 aliphatic heterocycles. The van der Waals surface area contributed by atoms with Gasteiger partial charge in [-0.1, -0.05) is 0 Å². The number of methoxy groups -OCH3 is 1. The minimum Gasteiger partial charge on any atom is -0.479 e. The molecule has 0 atom stereocenters. The molecule has 0 unspecified atom stereocenters. The maximum Gasteiger partial charge on any atom is 0.391 e. The lowest BCUT2D eigenvalue weighted by molar-refractivity contribution is -0.184. The predicted molar refractivity (Wildman–Crippen MR) is 106 cm³/mol. The number of nitrogens with zero attached hydrogens (tertiary/aromatic N) is 6. The lowest BCUT2D eigenvalue weighted by Crippen LogP contribution is -2.29. The van der Waals surface area contributed by atoms with Gasteiger partial charge in [0.15, 0.2) is 11.0 Å². The van der Waals surface area contributed by atoms with E-state index in [1.807, 2.05) is 0 Å². The summed E-state index contributed by atoms with van der Waals surface area (Å²) >= 11 is 0. The third-order valence-electron chi connectivity index (χ3n) is 5.74. The second kappa shape index (κ2) is 8.94. The van der Waals surface area contributed by atoms with Crippen LogP contribution in [0, 0.1) is 17.8 Å². The van der Waals surface area contributed by atoms with Crippen LogP contribution in [0.3, 0.4) is 0 Å². The predicted octanol–water partition coefficient (Wildman–Crippen LogP) is 3.71. The number of hydrogen-bond acceptors (Lipinski definition) is 7. The summed E-state index contributed by atoms with van der Waals surface area (Å²) in [6.45, 7) is 2.09. The topological polar surface area (TPSA) is 96.9 Å². The van der Waals surface area contributed by atoms with Gasteiger partial charge in [-0.25, -0.2) is 14.5 Å². The summed E-state index contributed by atoms with van der Waals surface area (Å²) < 4.78 is 66.3. The van der Waals surface area contributed by atoms with E-state index in [9.17, 15) is 22.4 Å². The summed E-state index contributed by atoms with van der Waals surface area (Å²) in [7, 11) is 1.35. The van der Waals surface area contributed by atoms with E-state index in [-0.39, 0.29) is 60.3 Å². The van der Waals surface area contributed by atoms with Crippen LogP contribution >= 0.6 is 0 Å². The zero-order valence-electron chi connectivity index (χ0n) is 18.0. The minimum atomic E-state index is -4.19. The molecule has 0 aromatic carbocycles. The molecule has 1 fully saturated rings. The highest BCUT2D eigenvalue weighted by Gasteiger charge is 2.41. The largest absolute Gasteiger partial charge is 0.479 e. The monoisotopic (exact) mass is 470 g/mol. The summed E-state index contributed by atoms with van der Waals surface area (Å²) in [6, 6.07) is 0. The van der Waals surface area contributed by atoms with Crippen LogP contribution in [0.15, 0.2) is 12.4 Å². The molecule has 1 aliphatic carbocycles. The van der Waals surface area contributed by atoms with Crippen molar-refractivity contribution in [2.75, 3.05) is 13.7 Å². The van der Waals surface area contributed by atoms with Gasteiger partial charge in [-0.15, -0.1) is 5.10 Å². The van der Waals surface area contributed by atoms with Gasteiger partial charge in [0, 0.05) is 12.7 Å². The number of aromatic nitrogens is 6.